The molecule has 0 aromatic carbocycles. The Bertz CT molecular complexity index is 343. The van der Waals surface area contributed by atoms with Crippen molar-refractivity contribution in [3.05, 3.63) is 0 Å². The summed E-state index contributed by atoms with van der Waals surface area (Å²) in [4.78, 5) is 14.0. The van der Waals surface area contributed by atoms with Gasteiger partial charge in [-0.05, 0) is 43.9 Å². The van der Waals surface area contributed by atoms with Gasteiger partial charge in [0.1, 0.15) is 6.61 Å². The van der Waals surface area contributed by atoms with Gasteiger partial charge in [-0.1, -0.05) is 38.5 Å². The Kier molecular flexibility index (Phi) is 4.23. The number of carbonyl (C=O) groups is 1. The summed E-state index contributed by atoms with van der Waals surface area (Å²) in [6.45, 7) is 3.67. The Morgan fingerprint density at radius 3 is 2.35 bits per heavy atom. The van der Waals surface area contributed by atoms with Crippen molar-refractivity contribution in [1.82, 2.24) is 4.90 Å². The summed E-state index contributed by atoms with van der Waals surface area (Å²) in [6, 6.07) is 0.268. The van der Waals surface area contributed by atoms with Gasteiger partial charge in [-0.15, -0.1) is 0 Å². The first kappa shape index (κ1) is 14.2. The van der Waals surface area contributed by atoms with E-state index in [4.69, 9.17) is 4.74 Å². The third-order valence-corrected chi connectivity index (χ3v) is 6.02. The van der Waals surface area contributed by atoms with E-state index in [1.165, 1.54) is 64.2 Å². The van der Waals surface area contributed by atoms with Crippen LogP contribution in [0.3, 0.4) is 0 Å². The quantitative estimate of drug-likeness (QED) is 0.768. The van der Waals surface area contributed by atoms with E-state index in [1.807, 2.05) is 4.90 Å². The van der Waals surface area contributed by atoms with E-state index in [-0.39, 0.29) is 12.1 Å². The molecule has 20 heavy (non-hydrogen) atoms. The summed E-state index contributed by atoms with van der Waals surface area (Å²) in [5.41, 5.74) is 0.399. The van der Waals surface area contributed by atoms with Crippen LogP contribution >= 0.6 is 0 Å². The molecule has 0 aromatic heterocycles. The molecule has 1 saturated heterocycles. The highest BCUT2D eigenvalue weighted by atomic mass is 16.6. The number of ether oxygens (including phenoxy) is 1. The van der Waals surface area contributed by atoms with Gasteiger partial charge in [0.05, 0.1) is 6.04 Å². The second kappa shape index (κ2) is 5.95. The SMILES string of the molecule is C[C@H]1COC(=O)N1CC1(C2CCCCC2)CCCCC1. The topological polar surface area (TPSA) is 29.5 Å². The van der Waals surface area contributed by atoms with Crippen LogP contribution in [0.15, 0.2) is 0 Å². The Morgan fingerprint density at radius 1 is 1.10 bits per heavy atom. The molecule has 0 spiro atoms. The van der Waals surface area contributed by atoms with Crippen LogP contribution in [-0.4, -0.2) is 30.2 Å². The largest absolute Gasteiger partial charge is 0.447 e. The summed E-state index contributed by atoms with van der Waals surface area (Å²) in [5.74, 6) is 0.845. The zero-order valence-corrected chi connectivity index (χ0v) is 12.9. The van der Waals surface area contributed by atoms with Gasteiger partial charge in [0.15, 0.2) is 0 Å². The van der Waals surface area contributed by atoms with Crippen LogP contribution in [0, 0.1) is 11.3 Å². The molecule has 114 valence electrons. The summed E-state index contributed by atoms with van der Waals surface area (Å²) < 4.78 is 5.24. The summed E-state index contributed by atoms with van der Waals surface area (Å²) in [6.07, 6.45) is 13.7. The van der Waals surface area contributed by atoms with Crippen molar-refractivity contribution in [1.29, 1.82) is 0 Å². The Morgan fingerprint density at radius 2 is 1.75 bits per heavy atom. The van der Waals surface area contributed by atoms with Crippen LogP contribution in [0.25, 0.3) is 0 Å². The normalized spacial score (nSPS) is 31.4. The molecule has 1 aliphatic heterocycles. The lowest BCUT2D eigenvalue weighted by Crippen LogP contribution is -2.47. The molecule has 3 rings (SSSR count). The molecule has 3 fully saturated rings. The minimum Gasteiger partial charge on any atom is -0.447 e. The molecule has 3 heteroatoms. The van der Waals surface area contributed by atoms with Crippen molar-refractivity contribution in [2.75, 3.05) is 13.2 Å². The number of rotatable bonds is 3. The number of carbonyl (C=O) groups excluding carboxylic acids is 1. The minimum atomic E-state index is -0.0711. The lowest BCUT2D eigenvalue weighted by molar-refractivity contribution is 0.0317. The minimum absolute atomic E-state index is 0.0711. The number of hydrogen-bond acceptors (Lipinski definition) is 2. The van der Waals surface area contributed by atoms with Crippen molar-refractivity contribution < 1.29 is 9.53 Å². The fraction of sp³-hybridized carbons (Fsp3) is 0.941. The van der Waals surface area contributed by atoms with Crippen LogP contribution in [0.5, 0.6) is 0 Å². The fourth-order valence-corrected chi connectivity index (χ4v) is 4.77. The fourth-order valence-electron chi connectivity index (χ4n) is 4.77. The molecule has 0 aromatic rings. The van der Waals surface area contributed by atoms with Gasteiger partial charge < -0.3 is 9.64 Å². The Labute approximate surface area is 123 Å². The van der Waals surface area contributed by atoms with Crippen LogP contribution in [0.2, 0.25) is 0 Å². The molecule has 1 heterocycles. The van der Waals surface area contributed by atoms with Gasteiger partial charge in [-0.2, -0.15) is 0 Å². The number of amides is 1. The highest BCUT2D eigenvalue weighted by molar-refractivity contribution is 5.70. The van der Waals surface area contributed by atoms with Crippen molar-refractivity contribution in [3.63, 3.8) is 0 Å². The molecule has 0 unspecified atom stereocenters. The van der Waals surface area contributed by atoms with E-state index in [2.05, 4.69) is 6.92 Å². The maximum absolute atomic E-state index is 12.0. The van der Waals surface area contributed by atoms with Gasteiger partial charge in [-0.25, -0.2) is 4.79 Å². The average Bonchev–Trinajstić information content (AvgIpc) is 2.81. The first-order chi connectivity index (χ1) is 9.71. The van der Waals surface area contributed by atoms with Crippen molar-refractivity contribution in [2.45, 2.75) is 77.2 Å². The lowest BCUT2D eigenvalue weighted by atomic mass is 9.61. The molecular weight excluding hydrogens is 250 g/mol. The molecule has 1 atom stereocenters. The van der Waals surface area contributed by atoms with Crippen LogP contribution in [0.1, 0.15) is 71.1 Å². The second-order valence-electron chi connectivity index (χ2n) is 7.31. The zero-order chi connectivity index (χ0) is 14.0. The van der Waals surface area contributed by atoms with E-state index in [1.54, 1.807) is 0 Å². The molecule has 0 radical (unpaired) electrons. The number of nitrogens with zero attached hydrogens (tertiary/aromatic N) is 1. The van der Waals surface area contributed by atoms with E-state index in [0.717, 1.165) is 12.5 Å². The summed E-state index contributed by atoms with van der Waals surface area (Å²) >= 11 is 0. The second-order valence-corrected chi connectivity index (χ2v) is 7.31. The van der Waals surface area contributed by atoms with Crippen molar-refractivity contribution >= 4 is 6.09 Å². The predicted octanol–water partition coefficient (Wildman–Crippen LogP) is 4.36. The van der Waals surface area contributed by atoms with Crippen LogP contribution in [-0.2, 0) is 4.74 Å². The first-order valence-electron chi connectivity index (χ1n) is 8.65. The molecule has 3 nitrogen and oxygen atoms in total. The van der Waals surface area contributed by atoms with Crippen molar-refractivity contribution in [3.8, 4) is 0 Å². The highest BCUT2D eigenvalue weighted by Gasteiger charge is 2.44. The number of hydrogen-bond donors (Lipinski definition) is 0. The standard InChI is InChI=1S/C17H29NO2/c1-14-12-20-16(19)18(14)13-17(10-6-3-7-11-17)15-8-4-2-5-9-15/h14-15H,2-13H2,1H3/t14-/m0/s1. The summed E-state index contributed by atoms with van der Waals surface area (Å²) in [5, 5.41) is 0. The zero-order valence-electron chi connectivity index (χ0n) is 12.9. The highest BCUT2D eigenvalue weighted by Crippen LogP contribution is 2.49. The molecule has 2 saturated carbocycles. The van der Waals surface area contributed by atoms with Gasteiger partial charge >= 0.3 is 6.09 Å². The van der Waals surface area contributed by atoms with E-state index >= 15 is 0 Å². The molecule has 0 N–H and O–H groups in total. The molecule has 3 aliphatic rings. The lowest BCUT2D eigenvalue weighted by Gasteiger charge is -2.47. The first-order valence-corrected chi connectivity index (χ1v) is 8.65. The molecule has 1 amide bonds. The molecule has 0 bridgehead atoms. The maximum Gasteiger partial charge on any atom is 0.410 e. The van der Waals surface area contributed by atoms with Crippen LogP contribution in [0.4, 0.5) is 4.79 Å². The molecular formula is C17H29NO2. The maximum atomic E-state index is 12.0. The summed E-state index contributed by atoms with van der Waals surface area (Å²) in [7, 11) is 0. The van der Waals surface area contributed by atoms with E-state index in [9.17, 15) is 4.79 Å². The molecule has 2 aliphatic carbocycles. The Hall–Kier alpha value is -0.730. The van der Waals surface area contributed by atoms with Gasteiger partial charge in [0.2, 0.25) is 0 Å². The smallest absolute Gasteiger partial charge is 0.410 e. The van der Waals surface area contributed by atoms with E-state index < -0.39 is 0 Å². The van der Waals surface area contributed by atoms with Gasteiger partial charge in [-0.3, -0.25) is 0 Å². The average molecular weight is 279 g/mol. The van der Waals surface area contributed by atoms with Gasteiger partial charge in [0, 0.05) is 6.54 Å². The van der Waals surface area contributed by atoms with E-state index in [0.29, 0.717) is 12.0 Å². The van der Waals surface area contributed by atoms with Crippen molar-refractivity contribution in [2.24, 2.45) is 11.3 Å². The third-order valence-electron chi connectivity index (χ3n) is 6.02. The van der Waals surface area contributed by atoms with Crippen LogP contribution < -0.4 is 0 Å². The van der Waals surface area contributed by atoms with Gasteiger partial charge in [0.25, 0.3) is 0 Å². The monoisotopic (exact) mass is 279 g/mol. The Balaban J connectivity index is 1.76. The predicted molar refractivity (Wildman–Crippen MR) is 79.6 cm³/mol. The number of cyclic esters (lactones) is 1. The third kappa shape index (κ3) is 2.68.